The minimum absolute atomic E-state index is 0.253. The Hall–Kier alpha value is -2.65. The molecule has 0 saturated heterocycles. The lowest BCUT2D eigenvalue weighted by molar-refractivity contribution is -0.115. The van der Waals surface area contributed by atoms with Crippen molar-refractivity contribution in [2.24, 2.45) is 5.73 Å². The quantitative estimate of drug-likeness (QED) is 0.639. The first-order valence-corrected chi connectivity index (χ1v) is 10.0. The first kappa shape index (κ1) is 17.7. The molecular formula is C18H16FN5OS2. The van der Waals surface area contributed by atoms with E-state index in [1.54, 1.807) is 29.8 Å². The summed E-state index contributed by atoms with van der Waals surface area (Å²) in [5.74, 6) is 0.193. The van der Waals surface area contributed by atoms with E-state index >= 15 is 0 Å². The number of rotatable bonds is 5. The van der Waals surface area contributed by atoms with E-state index in [2.05, 4.69) is 15.4 Å². The van der Waals surface area contributed by atoms with Crippen molar-refractivity contribution < 1.29 is 9.18 Å². The fourth-order valence-electron chi connectivity index (χ4n) is 2.98. The van der Waals surface area contributed by atoms with E-state index in [4.69, 9.17) is 5.73 Å². The lowest BCUT2D eigenvalue weighted by Crippen LogP contribution is -2.31. The van der Waals surface area contributed by atoms with Gasteiger partial charge in [-0.05, 0) is 30.0 Å². The molecule has 2 aromatic heterocycles. The predicted molar refractivity (Wildman–Crippen MR) is 104 cm³/mol. The van der Waals surface area contributed by atoms with Crippen LogP contribution in [0.3, 0.4) is 0 Å². The molecule has 138 valence electrons. The number of nitrogens with zero attached hydrogens (tertiary/aromatic N) is 3. The summed E-state index contributed by atoms with van der Waals surface area (Å²) in [6.07, 6.45) is 0. The molecule has 0 radical (unpaired) electrons. The average molecular weight is 401 g/mol. The van der Waals surface area contributed by atoms with Crippen LogP contribution in [0.4, 0.5) is 10.3 Å². The maximum Gasteiger partial charge on any atom is 0.248 e. The van der Waals surface area contributed by atoms with Crippen molar-refractivity contribution in [1.82, 2.24) is 14.8 Å². The number of fused-ring (bicyclic) bond motifs is 1. The van der Waals surface area contributed by atoms with Crippen molar-refractivity contribution >= 4 is 35.0 Å². The van der Waals surface area contributed by atoms with Crippen LogP contribution in [-0.2, 0) is 10.5 Å². The van der Waals surface area contributed by atoms with Crippen LogP contribution in [-0.4, -0.2) is 20.7 Å². The number of primary amides is 1. The molecule has 3 aromatic rings. The second-order valence-corrected chi connectivity index (χ2v) is 7.91. The van der Waals surface area contributed by atoms with Gasteiger partial charge in [0.1, 0.15) is 11.9 Å². The second kappa shape index (κ2) is 7.16. The highest BCUT2D eigenvalue weighted by molar-refractivity contribution is 7.98. The van der Waals surface area contributed by atoms with Gasteiger partial charge in [0.05, 0.1) is 5.57 Å². The zero-order chi connectivity index (χ0) is 19.0. The molecule has 1 amide bonds. The normalized spacial score (nSPS) is 16.1. The first-order valence-electron chi connectivity index (χ1n) is 8.18. The summed E-state index contributed by atoms with van der Waals surface area (Å²) in [4.78, 5) is 17.5. The highest BCUT2D eigenvalue weighted by atomic mass is 32.2. The lowest BCUT2D eigenvalue weighted by atomic mass is 10.0. The van der Waals surface area contributed by atoms with Gasteiger partial charge in [0.2, 0.25) is 17.0 Å². The number of carbonyl (C=O) groups excluding carboxylic acids is 1. The number of allylic oxidation sites excluding steroid dienone is 1. The predicted octanol–water partition coefficient (Wildman–Crippen LogP) is 3.55. The van der Waals surface area contributed by atoms with Crippen LogP contribution in [0.5, 0.6) is 0 Å². The number of halogens is 1. The van der Waals surface area contributed by atoms with Crippen LogP contribution >= 0.6 is 23.1 Å². The van der Waals surface area contributed by atoms with Crippen molar-refractivity contribution in [3.63, 3.8) is 0 Å². The third-order valence-electron chi connectivity index (χ3n) is 4.23. The van der Waals surface area contributed by atoms with E-state index in [1.807, 2.05) is 17.5 Å². The Kier molecular flexibility index (Phi) is 4.71. The lowest BCUT2D eigenvalue weighted by Gasteiger charge is -2.26. The van der Waals surface area contributed by atoms with Crippen molar-refractivity contribution in [3.8, 4) is 0 Å². The van der Waals surface area contributed by atoms with Crippen molar-refractivity contribution in [2.75, 3.05) is 5.32 Å². The molecule has 0 saturated carbocycles. The SMILES string of the molecule is CC1=C(C(N)=O)[C@@H](c2cccs2)n2nc(SCc3ccccc3F)nc2N1. The van der Waals surface area contributed by atoms with Crippen molar-refractivity contribution in [3.05, 3.63) is 69.3 Å². The van der Waals surface area contributed by atoms with Crippen LogP contribution in [0, 0.1) is 5.82 Å². The van der Waals surface area contributed by atoms with Crippen LogP contribution in [0.15, 0.2) is 58.2 Å². The molecule has 3 N–H and O–H groups in total. The van der Waals surface area contributed by atoms with Crippen molar-refractivity contribution in [2.45, 2.75) is 23.9 Å². The molecule has 0 aliphatic carbocycles. The standard InChI is InChI=1S/C18H16FN5OS2/c1-10-14(16(20)25)15(13-7-4-8-26-13)24-17(21-10)22-18(23-24)27-9-11-5-2-3-6-12(11)19/h2-8,15H,9H2,1H3,(H2,20,25)(H,21,22,23)/t15-/m1/s1. The van der Waals surface area contributed by atoms with Gasteiger partial charge >= 0.3 is 0 Å². The highest BCUT2D eigenvalue weighted by Gasteiger charge is 2.33. The van der Waals surface area contributed by atoms with E-state index in [1.165, 1.54) is 29.2 Å². The number of nitrogens with two attached hydrogens (primary N) is 1. The molecule has 0 bridgehead atoms. The molecular weight excluding hydrogens is 385 g/mol. The van der Waals surface area contributed by atoms with E-state index in [0.717, 1.165) is 4.88 Å². The summed E-state index contributed by atoms with van der Waals surface area (Å²) >= 11 is 2.86. The van der Waals surface area contributed by atoms with E-state index in [-0.39, 0.29) is 5.82 Å². The molecule has 9 heteroatoms. The summed E-state index contributed by atoms with van der Waals surface area (Å²) in [7, 11) is 0. The molecule has 1 aliphatic rings. The Morgan fingerprint density at radius 3 is 2.89 bits per heavy atom. The number of hydrogen-bond acceptors (Lipinski definition) is 6. The van der Waals surface area contributed by atoms with Crippen LogP contribution < -0.4 is 11.1 Å². The molecule has 0 spiro atoms. The van der Waals surface area contributed by atoms with Gasteiger partial charge in [0.15, 0.2) is 0 Å². The molecule has 1 aliphatic heterocycles. The number of hydrogen-bond donors (Lipinski definition) is 2. The minimum Gasteiger partial charge on any atom is -0.366 e. The number of anilines is 1. The first-order chi connectivity index (χ1) is 13.0. The van der Waals surface area contributed by atoms with Gasteiger partial charge in [-0.25, -0.2) is 9.07 Å². The molecule has 6 nitrogen and oxygen atoms in total. The largest absolute Gasteiger partial charge is 0.366 e. The third kappa shape index (κ3) is 3.35. The third-order valence-corrected chi connectivity index (χ3v) is 6.04. The number of thiophene rings is 1. The number of amides is 1. The van der Waals surface area contributed by atoms with E-state index < -0.39 is 11.9 Å². The number of thioether (sulfide) groups is 1. The fraction of sp³-hybridized carbons (Fsp3) is 0.167. The highest BCUT2D eigenvalue weighted by Crippen LogP contribution is 2.37. The molecule has 4 rings (SSSR count). The summed E-state index contributed by atoms with van der Waals surface area (Å²) in [6.45, 7) is 1.80. The van der Waals surface area contributed by atoms with Crippen LogP contribution in [0.1, 0.15) is 23.4 Å². The molecule has 0 unspecified atom stereocenters. The maximum atomic E-state index is 13.8. The van der Waals surface area contributed by atoms with Gasteiger partial charge in [-0.3, -0.25) is 4.79 Å². The second-order valence-electron chi connectivity index (χ2n) is 5.99. The van der Waals surface area contributed by atoms with E-state index in [9.17, 15) is 9.18 Å². The summed E-state index contributed by atoms with van der Waals surface area (Å²) < 4.78 is 15.5. The number of benzene rings is 1. The fourth-order valence-corrected chi connectivity index (χ4v) is 4.61. The topological polar surface area (TPSA) is 85.8 Å². The van der Waals surface area contributed by atoms with Crippen LogP contribution in [0.25, 0.3) is 0 Å². The molecule has 3 heterocycles. The number of aromatic nitrogens is 3. The zero-order valence-corrected chi connectivity index (χ0v) is 16.0. The molecule has 27 heavy (non-hydrogen) atoms. The van der Waals surface area contributed by atoms with Crippen molar-refractivity contribution in [1.29, 1.82) is 0 Å². The van der Waals surface area contributed by atoms with E-state index in [0.29, 0.717) is 33.7 Å². The van der Waals surface area contributed by atoms with Gasteiger partial charge in [0, 0.05) is 16.3 Å². The Morgan fingerprint density at radius 1 is 1.37 bits per heavy atom. The molecule has 1 atom stereocenters. The monoisotopic (exact) mass is 401 g/mol. The zero-order valence-electron chi connectivity index (χ0n) is 14.3. The number of nitrogens with one attached hydrogen (secondary N) is 1. The Bertz CT molecular complexity index is 1030. The van der Waals surface area contributed by atoms with Gasteiger partial charge in [-0.15, -0.1) is 16.4 Å². The smallest absolute Gasteiger partial charge is 0.248 e. The van der Waals surface area contributed by atoms with Crippen LogP contribution in [0.2, 0.25) is 0 Å². The van der Waals surface area contributed by atoms with Gasteiger partial charge in [0.25, 0.3) is 0 Å². The summed E-state index contributed by atoms with van der Waals surface area (Å²) in [6, 6.07) is 10.1. The Balaban J connectivity index is 1.67. The maximum absolute atomic E-state index is 13.8. The number of carbonyl (C=O) groups is 1. The van der Waals surface area contributed by atoms with Gasteiger partial charge in [-0.2, -0.15) is 4.98 Å². The molecule has 0 fully saturated rings. The Morgan fingerprint density at radius 2 is 2.19 bits per heavy atom. The summed E-state index contributed by atoms with van der Waals surface area (Å²) in [5, 5.41) is 10.1. The summed E-state index contributed by atoms with van der Waals surface area (Å²) in [5.41, 5.74) is 7.33. The molecule has 1 aromatic carbocycles. The minimum atomic E-state index is -0.500. The van der Waals surface area contributed by atoms with Gasteiger partial charge in [-0.1, -0.05) is 36.0 Å². The van der Waals surface area contributed by atoms with Gasteiger partial charge < -0.3 is 11.1 Å². The average Bonchev–Trinajstić information content (AvgIpc) is 3.29. The Labute approximate surface area is 163 Å².